The summed E-state index contributed by atoms with van der Waals surface area (Å²) in [5.74, 6) is 0. The van der Waals surface area contributed by atoms with Gasteiger partial charge in [0.1, 0.15) is 0 Å². The Kier molecular flexibility index (Phi) is 2.17. The van der Waals surface area contributed by atoms with Crippen LogP contribution in [0.1, 0.15) is 19.8 Å². The van der Waals surface area contributed by atoms with Crippen molar-refractivity contribution in [3.63, 3.8) is 0 Å². The third-order valence-electron chi connectivity index (χ3n) is 1.45. The summed E-state index contributed by atoms with van der Waals surface area (Å²) in [6, 6.07) is 0. The Morgan fingerprint density at radius 1 is 1.75 bits per heavy atom. The molecule has 1 aliphatic carbocycles. The number of hydrogen-bond acceptors (Lipinski definition) is 0. The Bertz CT molecular complexity index is 142. The van der Waals surface area contributed by atoms with Gasteiger partial charge in [0.15, 0.2) is 0 Å². The van der Waals surface area contributed by atoms with Crippen LogP contribution in [0.5, 0.6) is 0 Å². The summed E-state index contributed by atoms with van der Waals surface area (Å²) < 4.78 is 1.68. The summed E-state index contributed by atoms with van der Waals surface area (Å²) in [7, 11) is 0. The van der Waals surface area contributed by atoms with Crippen LogP contribution in [0.3, 0.4) is 0 Å². The van der Waals surface area contributed by atoms with Crippen LogP contribution in [0.4, 0.5) is 0 Å². The van der Waals surface area contributed by atoms with E-state index in [-0.39, 0.29) is 0 Å². The molecule has 42 valence electrons. The van der Waals surface area contributed by atoms with Crippen LogP contribution in [0, 0.1) is 0 Å². The molecule has 0 N–H and O–H groups in total. The van der Waals surface area contributed by atoms with Gasteiger partial charge in [-0.2, -0.15) is 0 Å². The Balaban J connectivity index is 2.70. The van der Waals surface area contributed by atoms with Crippen LogP contribution in [-0.4, -0.2) is 22.5 Å². The fourth-order valence-electron chi connectivity index (χ4n) is 0.911. The van der Waals surface area contributed by atoms with Gasteiger partial charge in [0, 0.05) is 0 Å². The number of hydrogen-bond donors (Lipinski definition) is 0. The molecule has 2 radical (unpaired) electrons. The molecule has 0 aliphatic heterocycles. The maximum absolute atomic E-state index is 2.26. The maximum atomic E-state index is 2.26. The molecule has 8 heavy (non-hydrogen) atoms. The van der Waals surface area contributed by atoms with Crippen molar-refractivity contribution >= 4 is 22.5 Å². The van der Waals surface area contributed by atoms with E-state index in [0.29, 0.717) is 0 Å². The first-order valence-corrected chi connectivity index (χ1v) is 4.63. The van der Waals surface area contributed by atoms with Crippen molar-refractivity contribution in [2.24, 2.45) is 0 Å². The van der Waals surface area contributed by atoms with E-state index in [1.807, 2.05) is 0 Å². The van der Waals surface area contributed by atoms with Crippen molar-refractivity contribution in [3.8, 4) is 0 Å². The molecule has 0 bridgehead atoms. The van der Waals surface area contributed by atoms with E-state index in [2.05, 4.69) is 19.1 Å². The Morgan fingerprint density at radius 3 is 2.75 bits per heavy atom. The third-order valence-corrected chi connectivity index (χ3v) is 3.18. The Hall–Kier alpha value is 0.279. The zero-order valence-electron chi connectivity index (χ0n) is 5.15. The molecule has 0 nitrogen and oxygen atoms in total. The summed E-state index contributed by atoms with van der Waals surface area (Å²) in [4.78, 5) is 0. The van der Waals surface area contributed by atoms with E-state index in [0.717, 1.165) is 0 Å². The molecule has 0 aromatic rings. The molecule has 0 saturated carbocycles. The van der Waals surface area contributed by atoms with E-state index in [1.54, 1.807) is 9.16 Å². The van der Waals surface area contributed by atoms with Gasteiger partial charge in [-0.15, -0.1) is 0 Å². The van der Waals surface area contributed by atoms with Crippen LogP contribution in [-0.2, 0) is 0 Å². The number of allylic oxidation sites excluding steroid dienone is 4. The van der Waals surface area contributed by atoms with E-state index in [9.17, 15) is 0 Å². The first-order chi connectivity index (χ1) is 3.84. The summed E-state index contributed by atoms with van der Waals surface area (Å²) in [6.45, 7) is 2.22. The first kappa shape index (κ1) is 6.40. The molecule has 1 aliphatic rings. The zero-order chi connectivity index (χ0) is 5.98. The van der Waals surface area contributed by atoms with Crippen LogP contribution in [0.15, 0.2) is 21.3 Å². The van der Waals surface area contributed by atoms with Crippen molar-refractivity contribution in [1.82, 2.24) is 0 Å². The SMILES string of the molecule is CCC1=[C]([SnH])CC=C1. The van der Waals surface area contributed by atoms with Gasteiger partial charge in [0.25, 0.3) is 0 Å². The average Bonchev–Trinajstić information content (AvgIpc) is 2.14. The van der Waals surface area contributed by atoms with Crippen molar-refractivity contribution in [2.45, 2.75) is 19.8 Å². The zero-order valence-corrected chi connectivity index (χ0v) is 8.44. The minimum absolute atomic E-state index is 1.23. The Morgan fingerprint density at radius 2 is 2.50 bits per heavy atom. The molecule has 1 heteroatoms. The molecular weight excluding hydrogens is 203 g/mol. The van der Waals surface area contributed by atoms with Gasteiger partial charge in [-0.25, -0.2) is 0 Å². The van der Waals surface area contributed by atoms with Crippen molar-refractivity contribution in [2.75, 3.05) is 0 Å². The van der Waals surface area contributed by atoms with Crippen LogP contribution in [0.25, 0.3) is 0 Å². The van der Waals surface area contributed by atoms with Crippen molar-refractivity contribution in [3.05, 3.63) is 21.3 Å². The third kappa shape index (κ3) is 1.16. The van der Waals surface area contributed by atoms with Gasteiger partial charge in [-0.1, -0.05) is 0 Å². The molecule has 0 fully saturated rings. The van der Waals surface area contributed by atoms with Crippen LogP contribution < -0.4 is 0 Å². The monoisotopic (exact) mass is 214 g/mol. The Labute approximate surface area is 63.8 Å². The van der Waals surface area contributed by atoms with Gasteiger partial charge in [0.2, 0.25) is 0 Å². The summed E-state index contributed by atoms with van der Waals surface area (Å²) in [5.41, 5.74) is 1.59. The predicted octanol–water partition coefficient (Wildman–Crippen LogP) is 1.51. The molecule has 0 amide bonds. The predicted molar refractivity (Wildman–Crippen MR) is 38.2 cm³/mol. The fraction of sp³-hybridized carbons (Fsp3) is 0.429. The van der Waals surface area contributed by atoms with Gasteiger partial charge in [0.05, 0.1) is 0 Å². The van der Waals surface area contributed by atoms with E-state index in [4.69, 9.17) is 0 Å². The molecule has 0 heterocycles. The van der Waals surface area contributed by atoms with Crippen LogP contribution >= 0.6 is 0 Å². The molecule has 0 saturated heterocycles. The second kappa shape index (κ2) is 2.72. The molecule has 0 unspecified atom stereocenters. The van der Waals surface area contributed by atoms with Gasteiger partial charge in [-0.3, -0.25) is 0 Å². The minimum atomic E-state index is 1.23. The molecular formula is C7H10Sn. The molecule has 0 spiro atoms. The van der Waals surface area contributed by atoms with E-state index < -0.39 is 0 Å². The molecule has 1 rings (SSSR count). The summed E-state index contributed by atoms with van der Waals surface area (Å²) in [5, 5.41) is 0. The summed E-state index contributed by atoms with van der Waals surface area (Å²) in [6.07, 6.45) is 7.00. The second-order valence-electron chi connectivity index (χ2n) is 2.01. The summed E-state index contributed by atoms with van der Waals surface area (Å²) >= 11 is 1.32. The standard InChI is InChI=1S/C7H9.Sn.H/c1-2-7-5-3-4-6-7;;/h3,5H,2,4H2,1H3;;. The molecule has 0 aromatic carbocycles. The van der Waals surface area contributed by atoms with Crippen LogP contribution in [0.2, 0.25) is 0 Å². The van der Waals surface area contributed by atoms with Gasteiger partial charge >= 0.3 is 63.6 Å². The second-order valence-corrected chi connectivity index (χ2v) is 4.00. The van der Waals surface area contributed by atoms with Crippen molar-refractivity contribution < 1.29 is 0 Å². The average molecular weight is 213 g/mol. The van der Waals surface area contributed by atoms with Gasteiger partial charge < -0.3 is 0 Å². The molecule has 0 aromatic heterocycles. The quantitative estimate of drug-likeness (QED) is 0.579. The normalized spacial score (nSPS) is 18.2. The topological polar surface area (TPSA) is 0 Å². The molecule has 0 atom stereocenters. The van der Waals surface area contributed by atoms with Crippen molar-refractivity contribution in [1.29, 1.82) is 0 Å². The van der Waals surface area contributed by atoms with E-state index >= 15 is 0 Å². The fourth-order valence-corrected chi connectivity index (χ4v) is 2.16. The first-order valence-electron chi connectivity index (χ1n) is 2.98. The van der Waals surface area contributed by atoms with Gasteiger partial charge in [-0.05, 0) is 0 Å². The number of rotatable bonds is 1. The van der Waals surface area contributed by atoms with E-state index in [1.165, 1.54) is 35.4 Å².